The number of methoxy groups -OCH3 is 1. The van der Waals surface area contributed by atoms with Crippen LogP contribution in [0.4, 0.5) is 13.2 Å². The summed E-state index contributed by atoms with van der Waals surface area (Å²) >= 11 is 0. The van der Waals surface area contributed by atoms with Crippen molar-refractivity contribution in [2.24, 2.45) is 5.92 Å². The maximum Gasteiger partial charge on any atom is 0.387 e. The third kappa shape index (κ3) is 6.38. The quantitative estimate of drug-likeness (QED) is 0.589. The number of piperidine rings is 1. The molecule has 0 saturated carbocycles. The number of carbonyl (C=O) groups excluding carboxylic acids is 1. The third-order valence-electron chi connectivity index (χ3n) is 5.36. The van der Waals surface area contributed by atoms with Gasteiger partial charge in [-0.15, -0.1) is 0 Å². The van der Waals surface area contributed by atoms with Gasteiger partial charge in [-0.1, -0.05) is 6.07 Å². The Morgan fingerprint density at radius 1 is 1.18 bits per heavy atom. The average molecular weight is 487 g/mol. The largest absolute Gasteiger partial charge is 0.493 e. The number of benzene rings is 2. The minimum absolute atomic E-state index is 0.0220. The van der Waals surface area contributed by atoms with Crippen molar-refractivity contribution in [1.29, 1.82) is 0 Å². The van der Waals surface area contributed by atoms with Gasteiger partial charge in [0.15, 0.2) is 11.5 Å². The highest BCUT2D eigenvalue weighted by atomic mass is 32.2. The van der Waals surface area contributed by atoms with Crippen LogP contribution in [0.1, 0.15) is 18.4 Å². The number of amides is 1. The van der Waals surface area contributed by atoms with Gasteiger partial charge in [0.05, 0.1) is 17.9 Å². The van der Waals surface area contributed by atoms with Crippen LogP contribution in [0.3, 0.4) is 0 Å². The van der Waals surface area contributed by atoms with Crippen LogP contribution >= 0.6 is 0 Å². The third-order valence-corrected chi connectivity index (χ3v) is 7.24. The Morgan fingerprint density at radius 2 is 1.91 bits per heavy atom. The maximum absolute atomic E-state index is 13.1. The van der Waals surface area contributed by atoms with E-state index in [1.807, 2.05) is 0 Å². The molecule has 2 aromatic rings. The lowest BCUT2D eigenvalue weighted by molar-refractivity contribution is -0.126. The first-order chi connectivity index (χ1) is 15.7. The van der Waals surface area contributed by atoms with Gasteiger partial charge in [0.1, 0.15) is 5.82 Å². The van der Waals surface area contributed by atoms with Crippen molar-refractivity contribution in [1.82, 2.24) is 9.62 Å². The van der Waals surface area contributed by atoms with Crippen LogP contribution in [-0.2, 0) is 21.2 Å². The van der Waals surface area contributed by atoms with E-state index in [4.69, 9.17) is 4.74 Å². The second kappa shape index (κ2) is 10.9. The summed E-state index contributed by atoms with van der Waals surface area (Å²) in [5, 5.41) is 2.78. The Hall–Kier alpha value is -2.79. The van der Waals surface area contributed by atoms with Gasteiger partial charge in [-0.25, -0.2) is 12.8 Å². The van der Waals surface area contributed by atoms with Crippen LogP contribution in [-0.4, -0.2) is 52.0 Å². The minimum atomic E-state index is -3.83. The first-order valence-corrected chi connectivity index (χ1v) is 11.8. The molecule has 1 N–H and O–H groups in total. The lowest BCUT2D eigenvalue weighted by Crippen LogP contribution is -2.45. The van der Waals surface area contributed by atoms with Gasteiger partial charge in [-0.05, 0) is 61.2 Å². The van der Waals surface area contributed by atoms with E-state index in [0.29, 0.717) is 24.8 Å². The van der Waals surface area contributed by atoms with E-state index < -0.39 is 28.4 Å². The first-order valence-electron chi connectivity index (χ1n) is 10.4. The second-order valence-corrected chi connectivity index (χ2v) is 9.50. The van der Waals surface area contributed by atoms with Gasteiger partial charge in [0.2, 0.25) is 15.9 Å². The second-order valence-electron chi connectivity index (χ2n) is 7.56. The fraction of sp³-hybridized carbons (Fsp3) is 0.409. The summed E-state index contributed by atoms with van der Waals surface area (Å²) in [6.07, 6.45) is 1.42. The summed E-state index contributed by atoms with van der Waals surface area (Å²) in [6.45, 7) is -2.45. The zero-order valence-corrected chi connectivity index (χ0v) is 18.8. The number of alkyl halides is 2. The number of sulfonamides is 1. The Balaban J connectivity index is 1.57. The molecule has 1 amide bonds. The molecule has 0 bridgehead atoms. The van der Waals surface area contributed by atoms with Crippen molar-refractivity contribution in [3.05, 3.63) is 53.8 Å². The molecule has 1 heterocycles. The SMILES string of the molecule is COc1ccc(CCNC(=O)C2CCCN(S(=O)(=O)c3ccc(F)cc3)C2)cc1OC(F)F. The molecule has 0 aromatic heterocycles. The summed E-state index contributed by atoms with van der Waals surface area (Å²) < 4.78 is 74.6. The van der Waals surface area contributed by atoms with Crippen molar-refractivity contribution < 1.29 is 35.9 Å². The summed E-state index contributed by atoms with van der Waals surface area (Å²) in [6, 6.07) is 9.18. The molecular weight excluding hydrogens is 461 g/mol. The average Bonchev–Trinajstić information content (AvgIpc) is 2.79. The van der Waals surface area contributed by atoms with E-state index in [1.165, 1.54) is 35.7 Å². The molecular formula is C22H25F3N2O5S. The molecule has 11 heteroatoms. The van der Waals surface area contributed by atoms with Crippen LogP contribution in [0.15, 0.2) is 47.4 Å². The summed E-state index contributed by atoms with van der Waals surface area (Å²) in [5.41, 5.74) is 0.663. The molecule has 2 aromatic carbocycles. The molecule has 0 radical (unpaired) electrons. The molecule has 1 atom stereocenters. The molecule has 1 aliphatic heterocycles. The highest BCUT2D eigenvalue weighted by Gasteiger charge is 2.33. The Labute approximate surface area is 190 Å². The first kappa shape index (κ1) is 24.8. The van der Waals surface area contributed by atoms with Crippen LogP contribution in [0.5, 0.6) is 11.5 Å². The fourth-order valence-electron chi connectivity index (χ4n) is 3.67. The van der Waals surface area contributed by atoms with Gasteiger partial charge < -0.3 is 14.8 Å². The molecule has 1 fully saturated rings. The van der Waals surface area contributed by atoms with Gasteiger partial charge in [-0.2, -0.15) is 13.1 Å². The molecule has 1 unspecified atom stereocenters. The van der Waals surface area contributed by atoms with E-state index in [1.54, 1.807) is 6.07 Å². The Bertz CT molecular complexity index is 1060. The van der Waals surface area contributed by atoms with E-state index in [2.05, 4.69) is 10.1 Å². The van der Waals surface area contributed by atoms with E-state index in [9.17, 15) is 26.4 Å². The van der Waals surface area contributed by atoms with Gasteiger partial charge in [0.25, 0.3) is 0 Å². The van der Waals surface area contributed by atoms with Crippen LogP contribution in [0, 0.1) is 11.7 Å². The minimum Gasteiger partial charge on any atom is -0.493 e. The van der Waals surface area contributed by atoms with Crippen molar-refractivity contribution in [2.45, 2.75) is 30.8 Å². The van der Waals surface area contributed by atoms with Crippen LogP contribution < -0.4 is 14.8 Å². The molecule has 0 spiro atoms. The zero-order chi connectivity index (χ0) is 24.0. The van der Waals surface area contributed by atoms with Gasteiger partial charge >= 0.3 is 6.61 Å². The number of hydrogen-bond donors (Lipinski definition) is 1. The molecule has 7 nitrogen and oxygen atoms in total. The van der Waals surface area contributed by atoms with Gasteiger partial charge in [-0.3, -0.25) is 4.79 Å². The molecule has 0 aliphatic carbocycles. The van der Waals surface area contributed by atoms with Crippen molar-refractivity contribution in [3.8, 4) is 11.5 Å². The number of nitrogens with zero attached hydrogens (tertiary/aromatic N) is 1. The Kier molecular flexibility index (Phi) is 8.20. The lowest BCUT2D eigenvalue weighted by atomic mass is 9.99. The van der Waals surface area contributed by atoms with Crippen LogP contribution in [0.25, 0.3) is 0 Å². The number of halogens is 3. The Morgan fingerprint density at radius 3 is 2.58 bits per heavy atom. The van der Waals surface area contributed by atoms with Gasteiger partial charge in [0, 0.05) is 19.6 Å². The summed E-state index contributed by atoms with van der Waals surface area (Å²) in [4.78, 5) is 12.6. The maximum atomic E-state index is 13.1. The topological polar surface area (TPSA) is 84.9 Å². The molecule has 180 valence electrons. The molecule has 1 saturated heterocycles. The smallest absolute Gasteiger partial charge is 0.387 e. The van der Waals surface area contributed by atoms with Crippen LogP contribution in [0.2, 0.25) is 0 Å². The van der Waals surface area contributed by atoms with E-state index >= 15 is 0 Å². The standard InChI is InChI=1S/C22H25F3N2O5S/c1-31-19-9-4-15(13-20(19)32-22(24)25)10-11-26-21(28)16-3-2-12-27(14-16)33(29,30)18-7-5-17(23)6-8-18/h4-9,13,16,22H,2-3,10-12,14H2,1H3,(H,26,28). The number of rotatable bonds is 9. The monoisotopic (exact) mass is 486 g/mol. The number of carbonyl (C=O) groups is 1. The normalized spacial score (nSPS) is 17.1. The number of nitrogens with one attached hydrogen (secondary N) is 1. The van der Waals surface area contributed by atoms with Crippen molar-refractivity contribution in [3.63, 3.8) is 0 Å². The zero-order valence-electron chi connectivity index (χ0n) is 18.0. The predicted molar refractivity (Wildman–Crippen MR) is 114 cm³/mol. The summed E-state index contributed by atoms with van der Waals surface area (Å²) in [7, 11) is -2.49. The predicted octanol–water partition coefficient (Wildman–Crippen LogP) is 3.20. The number of ether oxygens (including phenoxy) is 2. The highest BCUT2D eigenvalue weighted by Crippen LogP contribution is 2.29. The summed E-state index contributed by atoms with van der Waals surface area (Å²) in [5.74, 6) is -1.26. The lowest BCUT2D eigenvalue weighted by Gasteiger charge is -2.31. The van der Waals surface area contributed by atoms with E-state index in [0.717, 1.165) is 12.1 Å². The van der Waals surface area contributed by atoms with Crippen molar-refractivity contribution in [2.75, 3.05) is 26.7 Å². The van der Waals surface area contributed by atoms with E-state index in [-0.39, 0.29) is 41.9 Å². The highest BCUT2D eigenvalue weighted by molar-refractivity contribution is 7.89. The fourth-order valence-corrected chi connectivity index (χ4v) is 5.19. The molecule has 33 heavy (non-hydrogen) atoms. The van der Waals surface area contributed by atoms with Crippen molar-refractivity contribution >= 4 is 15.9 Å². The molecule has 1 aliphatic rings. The molecule has 3 rings (SSSR count). The number of hydrogen-bond acceptors (Lipinski definition) is 5.